The third kappa shape index (κ3) is 6.53. The Kier molecular flexibility index (Phi) is 7.88. The van der Waals surface area contributed by atoms with Gasteiger partial charge >= 0.3 is 0 Å². The van der Waals surface area contributed by atoms with Gasteiger partial charge in [-0.15, -0.1) is 10.2 Å². The average molecular weight is 454 g/mol. The Morgan fingerprint density at radius 2 is 1.48 bits per heavy atom. The molecule has 0 radical (unpaired) electrons. The fourth-order valence-electron chi connectivity index (χ4n) is 3.49. The van der Waals surface area contributed by atoms with Crippen LogP contribution in [0.4, 0.5) is 5.69 Å². The van der Waals surface area contributed by atoms with E-state index in [2.05, 4.69) is 71.0 Å². The average Bonchev–Trinajstić information content (AvgIpc) is 2.88. The number of amides is 1. The number of nitrogens with one attached hydrogen (secondary N) is 1. The molecule has 33 heavy (non-hydrogen) atoms. The predicted molar refractivity (Wildman–Crippen MR) is 137 cm³/mol. The van der Waals surface area contributed by atoms with Gasteiger partial charge in [-0.3, -0.25) is 4.79 Å². The Morgan fingerprint density at radius 3 is 2.15 bits per heavy atom. The lowest BCUT2D eigenvalue weighted by atomic mass is 10.0. The minimum atomic E-state index is -0.0521. The number of hydrogen-bond donors (Lipinski definition) is 1. The molecule has 0 fully saturated rings. The van der Waals surface area contributed by atoms with Gasteiger partial charge in [0.15, 0.2) is 0 Å². The minimum Gasteiger partial charge on any atom is -0.325 e. The summed E-state index contributed by atoms with van der Waals surface area (Å²) < 4.78 is 0. The summed E-state index contributed by atoms with van der Waals surface area (Å²) in [5.41, 5.74) is 6.30. The second kappa shape index (κ2) is 11.4. The Bertz CT molecular complexity index is 1160. The molecule has 1 amide bonds. The quantitative estimate of drug-likeness (QED) is 0.281. The Hall–Kier alpha value is -3.44. The molecule has 0 spiro atoms. The van der Waals surface area contributed by atoms with Crippen molar-refractivity contribution in [3.63, 3.8) is 0 Å². The van der Waals surface area contributed by atoms with Gasteiger partial charge in [-0.25, -0.2) is 0 Å². The van der Waals surface area contributed by atoms with E-state index < -0.39 is 0 Å². The van der Waals surface area contributed by atoms with Gasteiger partial charge in [-0.2, -0.15) is 0 Å². The van der Waals surface area contributed by atoms with Crippen LogP contribution in [0, 0.1) is 0 Å². The van der Waals surface area contributed by atoms with Crippen molar-refractivity contribution in [3.8, 4) is 22.4 Å². The van der Waals surface area contributed by atoms with Crippen molar-refractivity contribution in [3.05, 3.63) is 96.6 Å². The van der Waals surface area contributed by atoms with E-state index in [1.807, 2.05) is 42.5 Å². The highest BCUT2D eigenvalue weighted by atomic mass is 32.2. The van der Waals surface area contributed by atoms with Gasteiger partial charge in [0.1, 0.15) is 5.03 Å². The number of nitrogens with zero attached hydrogens (tertiary/aromatic N) is 2. The number of hydrogen-bond acceptors (Lipinski definition) is 4. The SMILES string of the molecule is CCCCc1ccc(NC(=O)CSc2ccc(-c3ccc(-c4ccccc4)cc3)nn2)cc1. The Labute approximate surface area is 199 Å². The largest absolute Gasteiger partial charge is 0.325 e. The Morgan fingerprint density at radius 1 is 0.788 bits per heavy atom. The van der Waals surface area contributed by atoms with Gasteiger partial charge < -0.3 is 5.32 Å². The summed E-state index contributed by atoms with van der Waals surface area (Å²) >= 11 is 1.38. The van der Waals surface area contributed by atoms with E-state index in [4.69, 9.17) is 0 Å². The number of aryl methyl sites for hydroxylation is 1. The molecule has 0 atom stereocenters. The number of carbonyl (C=O) groups is 1. The maximum absolute atomic E-state index is 12.3. The van der Waals surface area contributed by atoms with E-state index in [0.29, 0.717) is 0 Å². The van der Waals surface area contributed by atoms with Crippen molar-refractivity contribution < 1.29 is 4.79 Å². The number of benzene rings is 3. The van der Waals surface area contributed by atoms with Crippen LogP contribution in [0.25, 0.3) is 22.4 Å². The van der Waals surface area contributed by atoms with Crippen LogP contribution in [0.2, 0.25) is 0 Å². The maximum atomic E-state index is 12.3. The van der Waals surface area contributed by atoms with Gasteiger partial charge in [0.2, 0.25) is 5.91 Å². The summed E-state index contributed by atoms with van der Waals surface area (Å²) in [4.78, 5) is 12.3. The fraction of sp³-hybridized carbons (Fsp3) is 0.179. The predicted octanol–water partition coefficient (Wildman–Crippen LogP) is 6.88. The first-order valence-corrected chi connectivity index (χ1v) is 12.2. The van der Waals surface area contributed by atoms with Crippen LogP contribution in [-0.4, -0.2) is 21.9 Å². The molecule has 166 valence electrons. The summed E-state index contributed by atoms with van der Waals surface area (Å²) in [5, 5.41) is 12.3. The zero-order valence-corrected chi connectivity index (χ0v) is 19.5. The molecule has 4 rings (SSSR count). The van der Waals surface area contributed by atoms with E-state index in [-0.39, 0.29) is 11.7 Å². The van der Waals surface area contributed by atoms with Crippen molar-refractivity contribution in [2.75, 3.05) is 11.1 Å². The highest BCUT2D eigenvalue weighted by molar-refractivity contribution is 7.99. The molecule has 0 aliphatic rings. The molecule has 3 aromatic carbocycles. The molecule has 5 heteroatoms. The number of carbonyl (C=O) groups excluding carboxylic acids is 1. The van der Waals surface area contributed by atoms with Crippen LogP contribution >= 0.6 is 11.8 Å². The molecule has 0 bridgehead atoms. The summed E-state index contributed by atoms with van der Waals surface area (Å²) in [5.74, 6) is 0.237. The summed E-state index contributed by atoms with van der Waals surface area (Å²) in [6.45, 7) is 2.19. The van der Waals surface area contributed by atoms with Crippen molar-refractivity contribution in [1.29, 1.82) is 0 Å². The molecule has 0 saturated carbocycles. The number of rotatable bonds is 9. The van der Waals surface area contributed by atoms with Crippen molar-refractivity contribution in [2.45, 2.75) is 31.2 Å². The molecule has 1 aromatic heterocycles. The monoisotopic (exact) mass is 453 g/mol. The molecule has 4 nitrogen and oxygen atoms in total. The van der Waals surface area contributed by atoms with Crippen LogP contribution in [-0.2, 0) is 11.2 Å². The van der Waals surface area contributed by atoms with Crippen LogP contribution < -0.4 is 5.32 Å². The smallest absolute Gasteiger partial charge is 0.234 e. The van der Waals surface area contributed by atoms with Gasteiger partial charge in [-0.1, -0.05) is 91.8 Å². The number of anilines is 1. The Balaban J connectivity index is 1.29. The molecule has 1 N–H and O–H groups in total. The zero-order valence-electron chi connectivity index (χ0n) is 18.7. The number of unbranched alkanes of at least 4 members (excludes halogenated alkanes) is 1. The van der Waals surface area contributed by atoms with Crippen molar-refractivity contribution >= 4 is 23.4 Å². The molecule has 0 aliphatic carbocycles. The maximum Gasteiger partial charge on any atom is 0.234 e. The van der Waals surface area contributed by atoms with Crippen molar-refractivity contribution in [2.24, 2.45) is 0 Å². The normalized spacial score (nSPS) is 10.7. The first-order chi connectivity index (χ1) is 16.2. The van der Waals surface area contributed by atoms with E-state index in [1.165, 1.54) is 41.3 Å². The second-order valence-electron chi connectivity index (χ2n) is 7.84. The third-order valence-electron chi connectivity index (χ3n) is 5.34. The van der Waals surface area contributed by atoms with Crippen LogP contribution in [0.5, 0.6) is 0 Å². The van der Waals surface area contributed by atoms with Gasteiger partial charge in [0.25, 0.3) is 0 Å². The fourth-order valence-corrected chi connectivity index (χ4v) is 4.10. The highest BCUT2D eigenvalue weighted by Crippen LogP contribution is 2.24. The lowest BCUT2D eigenvalue weighted by molar-refractivity contribution is -0.113. The standard InChI is InChI=1S/C28H27N3OS/c1-2-3-7-21-10-16-25(17-11-21)29-27(32)20-33-28-19-18-26(30-31-28)24-14-12-23(13-15-24)22-8-5-4-6-9-22/h4-6,8-19H,2-3,7,20H2,1H3,(H,29,32). The molecule has 1 heterocycles. The second-order valence-corrected chi connectivity index (χ2v) is 8.83. The van der Waals surface area contributed by atoms with Gasteiger partial charge in [-0.05, 0) is 53.8 Å². The first-order valence-electron chi connectivity index (χ1n) is 11.2. The van der Waals surface area contributed by atoms with Crippen molar-refractivity contribution in [1.82, 2.24) is 10.2 Å². The summed E-state index contributed by atoms with van der Waals surface area (Å²) in [7, 11) is 0. The van der Waals surface area contributed by atoms with E-state index in [0.717, 1.165) is 28.4 Å². The summed E-state index contributed by atoms with van der Waals surface area (Å²) in [6.07, 6.45) is 3.44. The number of thioether (sulfide) groups is 1. The lowest BCUT2D eigenvalue weighted by Gasteiger charge is -2.07. The highest BCUT2D eigenvalue weighted by Gasteiger charge is 2.07. The van der Waals surface area contributed by atoms with Crippen LogP contribution in [0.15, 0.2) is 96.0 Å². The topological polar surface area (TPSA) is 54.9 Å². The molecule has 0 aliphatic heterocycles. The van der Waals surface area contributed by atoms with E-state index >= 15 is 0 Å². The first kappa shape index (κ1) is 22.7. The van der Waals surface area contributed by atoms with E-state index in [9.17, 15) is 4.79 Å². The third-order valence-corrected chi connectivity index (χ3v) is 6.26. The summed E-state index contributed by atoms with van der Waals surface area (Å²) in [6, 6.07) is 30.5. The van der Waals surface area contributed by atoms with Gasteiger partial charge in [0, 0.05) is 11.3 Å². The number of aromatic nitrogens is 2. The molecule has 0 saturated heterocycles. The molecule has 4 aromatic rings. The van der Waals surface area contributed by atoms with Gasteiger partial charge in [0.05, 0.1) is 11.4 Å². The molecular weight excluding hydrogens is 426 g/mol. The zero-order chi connectivity index (χ0) is 22.9. The lowest BCUT2D eigenvalue weighted by Crippen LogP contribution is -2.14. The van der Waals surface area contributed by atoms with Crippen LogP contribution in [0.3, 0.4) is 0 Å². The molecule has 0 unspecified atom stereocenters. The molecular formula is C28H27N3OS. The minimum absolute atomic E-state index is 0.0521. The van der Waals surface area contributed by atoms with E-state index in [1.54, 1.807) is 0 Å². The van der Waals surface area contributed by atoms with Crippen LogP contribution in [0.1, 0.15) is 25.3 Å².